The van der Waals surface area contributed by atoms with Gasteiger partial charge in [0.25, 0.3) is 0 Å². The van der Waals surface area contributed by atoms with Crippen LogP contribution in [0.5, 0.6) is 0 Å². The number of aliphatic carboxylic acids is 1. The van der Waals surface area contributed by atoms with Crippen molar-refractivity contribution in [1.29, 1.82) is 0 Å². The average Bonchev–Trinajstić information content (AvgIpc) is 2.33. The van der Waals surface area contributed by atoms with Gasteiger partial charge in [-0.15, -0.1) is 0 Å². The zero-order valence-electron chi connectivity index (χ0n) is 9.70. The normalized spacial score (nSPS) is 28.1. The average molecular weight is 289 g/mol. The molecule has 1 saturated carbocycles. The minimum absolute atomic E-state index is 0.313. The van der Waals surface area contributed by atoms with Crippen molar-refractivity contribution in [3.63, 3.8) is 0 Å². The van der Waals surface area contributed by atoms with E-state index >= 15 is 0 Å². The third-order valence-electron chi connectivity index (χ3n) is 3.68. The first-order valence-corrected chi connectivity index (χ1v) is 6.61. The van der Waals surface area contributed by atoms with E-state index in [-0.39, 0.29) is 0 Å². The number of halogens is 2. The van der Waals surface area contributed by atoms with Gasteiger partial charge in [-0.2, -0.15) is 0 Å². The van der Waals surface area contributed by atoms with Crippen LogP contribution in [0.4, 0.5) is 0 Å². The molecule has 1 aliphatic carbocycles. The molecule has 0 aromatic heterocycles. The summed E-state index contributed by atoms with van der Waals surface area (Å²) >= 11 is 11.8. The molecule has 0 heterocycles. The number of hydrogen-bond donors (Lipinski definition) is 2. The molecule has 1 aromatic carbocycles. The van der Waals surface area contributed by atoms with Crippen LogP contribution in [0.15, 0.2) is 18.2 Å². The molecular weight excluding hydrogens is 275 g/mol. The lowest BCUT2D eigenvalue weighted by Crippen LogP contribution is -2.48. The highest BCUT2D eigenvalue weighted by Crippen LogP contribution is 2.41. The van der Waals surface area contributed by atoms with Gasteiger partial charge in [-0.05, 0) is 30.5 Å². The lowest BCUT2D eigenvalue weighted by Gasteiger charge is -2.38. The summed E-state index contributed by atoms with van der Waals surface area (Å²) in [5, 5.41) is 20.4. The number of carboxylic acids is 1. The Bertz CT molecular complexity index is 475. The Morgan fingerprint density at radius 1 is 1.28 bits per heavy atom. The summed E-state index contributed by atoms with van der Waals surface area (Å²) in [6.45, 7) is 0. The van der Waals surface area contributed by atoms with Crippen LogP contribution >= 0.6 is 23.2 Å². The monoisotopic (exact) mass is 288 g/mol. The molecule has 0 unspecified atom stereocenters. The molecule has 2 rings (SSSR count). The highest BCUT2D eigenvalue weighted by molar-refractivity contribution is 6.42. The van der Waals surface area contributed by atoms with Crippen molar-refractivity contribution in [2.75, 3.05) is 0 Å². The van der Waals surface area contributed by atoms with E-state index < -0.39 is 17.5 Å². The maximum absolute atomic E-state index is 11.6. The first-order chi connectivity index (χ1) is 8.48. The van der Waals surface area contributed by atoms with Crippen molar-refractivity contribution < 1.29 is 15.0 Å². The fraction of sp³-hybridized carbons (Fsp3) is 0.462. The van der Waals surface area contributed by atoms with Gasteiger partial charge in [0.2, 0.25) is 0 Å². The number of hydrogen-bond acceptors (Lipinski definition) is 2. The second-order valence-corrected chi connectivity index (χ2v) is 5.48. The molecule has 1 fully saturated rings. The molecule has 2 atom stereocenters. The molecule has 98 valence electrons. The third-order valence-corrected chi connectivity index (χ3v) is 4.42. The Balaban J connectivity index is 2.52. The van der Waals surface area contributed by atoms with E-state index in [1.807, 2.05) is 0 Å². The van der Waals surface area contributed by atoms with Gasteiger partial charge in [-0.3, -0.25) is 4.79 Å². The zero-order chi connectivity index (χ0) is 13.3. The Hall–Kier alpha value is -0.770. The van der Waals surface area contributed by atoms with Crippen molar-refractivity contribution >= 4 is 29.2 Å². The van der Waals surface area contributed by atoms with Crippen LogP contribution in [0, 0.1) is 0 Å². The van der Waals surface area contributed by atoms with E-state index in [1.54, 1.807) is 18.2 Å². The summed E-state index contributed by atoms with van der Waals surface area (Å²) in [4.78, 5) is 11.6. The number of benzene rings is 1. The second-order valence-electron chi connectivity index (χ2n) is 4.67. The van der Waals surface area contributed by atoms with Gasteiger partial charge in [-0.1, -0.05) is 42.1 Å². The zero-order valence-corrected chi connectivity index (χ0v) is 11.2. The number of aliphatic hydroxyl groups is 1. The molecule has 0 aliphatic heterocycles. The van der Waals surface area contributed by atoms with Crippen LogP contribution in [-0.4, -0.2) is 22.3 Å². The van der Waals surface area contributed by atoms with Gasteiger partial charge in [0, 0.05) is 0 Å². The maximum atomic E-state index is 11.6. The van der Waals surface area contributed by atoms with Crippen molar-refractivity contribution in [3.05, 3.63) is 33.8 Å². The number of aliphatic hydroxyl groups excluding tert-OH is 1. The number of carbonyl (C=O) groups is 1. The SMILES string of the molecule is O=C(O)[C@@]1(c2ccc(Cl)c(Cl)c2)CCCC[C@H]1O. The van der Waals surface area contributed by atoms with Crippen molar-refractivity contribution in [2.45, 2.75) is 37.2 Å². The van der Waals surface area contributed by atoms with Gasteiger partial charge >= 0.3 is 5.97 Å². The molecule has 0 saturated heterocycles. The Kier molecular flexibility index (Phi) is 3.85. The molecule has 3 nitrogen and oxygen atoms in total. The summed E-state index contributed by atoms with van der Waals surface area (Å²) < 4.78 is 0. The molecular formula is C13H14Cl2O3. The van der Waals surface area contributed by atoms with E-state index in [0.29, 0.717) is 28.5 Å². The van der Waals surface area contributed by atoms with Crippen LogP contribution in [0.3, 0.4) is 0 Å². The summed E-state index contributed by atoms with van der Waals surface area (Å²) in [5.74, 6) is -1.01. The summed E-state index contributed by atoms with van der Waals surface area (Å²) in [5.41, 5.74) is -0.733. The Morgan fingerprint density at radius 2 is 2.00 bits per heavy atom. The van der Waals surface area contributed by atoms with Crippen LogP contribution < -0.4 is 0 Å². The van der Waals surface area contributed by atoms with Gasteiger partial charge < -0.3 is 10.2 Å². The van der Waals surface area contributed by atoms with E-state index in [4.69, 9.17) is 23.2 Å². The van der Waals surface area contributed by atoms with Crippen LogP contribution in [0.1, 0.15) is 31.2 Å². The predicted octanol–water partition coefficient (Wildman–Crippen LogP) is 3.25. The third kappa shape index (κ3) is 2.11. The number of rotatable bonds is 2. The van der Waals surface area contributed by atoms with Gasteiger partial charge in [0.1, 0.15) is 5.41 Å². The van der Waals surface area contributed by atoms with Crippen LogP contribution in [0.2, 0.25) is 10.0 Å². The Labute approximate surface area is 115 Å². The minimum atomic E-state index is -1.26. The van der Waals surface area contributed by atoms with Gasteiger partial charge in [-0.25, -0.2) is 0 Å². The molecule has 0 radical (unpaired) electrons. The molecule has 5 heteroatoms. The summed E-state index contributed by atoms with van der Waals surface area (Å²) in [6.07, 6.45) is 1.65. The molecule has 1 aliphatic rings. The van der Waals surface area contributed by atoms with E-state index in [1.165, 1.54) is 0 Å². The molecule has 0 spiro atoms. The van der Waals surface area contributed by atoms with Gasteiger partial charge in [0.05, 0.1) is 16.1 Å². The van der Waals surface area contributed by atoms with E-state index in [9.17, 15) is 15.0 Å². The van der Waals surface area contributed by atoms with Crippen molar-refractivity contribution in [1.82, 2.24) is 0 Å². The second kappa shape index (κ2) is 5.08. The highest BCUT2D eigenvalue weighted by atomic mass is 35.5. The Morgan fingerprint density at radius 3 is 2.56 bits per heavy atom. The predicted molar refractivity (Wildman–Crippen MR) is 70.3 cm³/mol. The fourth-order valence-electron chi connectivity index (χ4n) is 2.64. The van der Waals surface area contributed by atoms with E-state index in [2.05, 4.69) is 0 Å². The smallest absolute Gasteiger partial charge is 0.316 e. The molecule has 0 bridgehead atoms. The summed E-state index contributed by atoms with van der Waals surface area (Å²) in [7, 11) is 0. The van der Waals surface area contributed by atoms with Crippen molar-refractivity contribution in [3.8, 4) is 0 Å². The van der Waals surface area contributed by atoms with Crippen LogP contribution in [0.25, 0.3) is 0 Å². The standard InChI is InChI=1S/C13H14Cl2O3/c14-9-5-4-8(7-10(9)15)13(12(17)18)6-2-1-3-11(13)16/h4-5,7,11,16H,1-3,6H2,(H,17,18)/t11-,13-/m1/s1. The minimum Gasteiger partial charge on any atom is -0.481 e. The quantitative estimate of drug-likeness (QED) is 0.878. The first-order valence-electron chi connectivity index (χ1n) is 5.85. The summed E-state index contributed by atoms with van der Waals surface area (Å²) in [6, 6.07) is 4.76. The van der Waals surface area contributed by atoms with Crippen LogP contribution in [-0.2, 0) is 10.2 Å². The maximum Gasteiger partial charge on any atom is 0.316 e. The van der Waals surface area contributed by atoms with E-state index in [0.717, 1.165) is 12.8 Å². The lowest BCUT2D eigenvalue weighted by atomic mass is 9.67. The van der Waals surface area contributed by atoms with Crippen molar-refractivity contribution in [2.24, 2.45) is 0 Å². The molecule has 0 amide bonds. The lowest BCUT2D eigenvalue weighted by molar-refractivity contribution is -0.151. The molecule has 2 N–H and O–H groups in total. The highest BCUT2D eigenvalue weighted by Gasteiger charge is 2.48. The molecule has 1 aromatic rings. The van der Waals surface area contributed by atoms with Gasteiger partial charge in [0.15, 0.2) is 0 Å². The first kappa shape index (κ1) is 13.7. The topological polar surface area (TPSA) is 57.5 Å². The fourth-order valence-corrected chi connectivity index (χ4v) is 2.94. The largest absolute Gasteiger partial charge is 0.481 e. The number of carboxylic acid groups (broad SMARTS) is 1. The molecule has 18 heavy (non-hydrogen) atoms.